The second-order valence-corrected chi connectivity index (χ2v) is 5.20. The Morgan fingerprint density at radius 1 is 0.760 bits per heavy atom. The lowest BCUT2D eigenvalue weighted by molar-refractivity contribution is 0.631. The van der Waals surface area contributed by atoms with Gasteiger partial charge in [-0.2, -0.15) is 10.5 Å². The molecular weight excluding hydrogens is 313 g/mol. The standard InChI is InChI=1S/C15H10FN3.C6H6/c1-10-4-2-3-5-14(10)19-15-7-12(9-18)11(8-17)6-13(15)16;1-2-4-6-5-3-1/h2-7,19H,1H3;1-6H. The van der Waals surface area contributed by atoms with Crippen molar-refractivity contribution in [3.8, 4) is 12.1 Å². The molecule has 4 heteroatoms. The summed E-state index contributed by atoms with van der Waals surface area (Å²) in [7, 11) is 0. The Kier molecular flexibility index (Phi) is 6.28. The maximum absolute atomic E-state index is 13.8. The van der Waals surface area contributed by atoms with Crippen molar-refractivity contribution in [2.45, 2.75) is 6.92 Å². The van der Waals surface area contributed by atoms with Crippen molar-refractivity contribution in [2.24, 2.45) is 0 Å². The summed E-state index contributed by atoms with van der Waals surface area (Å²) < 4.78 is 13.8. The van der Waals surface area contributed by atoms with Crippen LogP contribution in [0.25, 0.3) is 0 Å². The molecule has 3 aromatic rings. The molecule has 0 heterocycles. The van der Waals surface area contributed by atoms with Gasteiger partial charge in [0, 0.05) is 5.69 Å². The normalized spacial score (nSPS) is 9.12. The molecule has 1 N–H and O–H groups in total. The van der Waals surface area contributed by atoms with Crippen LogP contribution in [0.1, 0.15) is 16.7 Å². The SMILES string of the molecule is Cc1ccccc1Nc1cc(C#N)c(C#N)cc1F.c1ccccc1. The van der Waals surface area contributed by atoms with E-state index in [2.05, 4.69) is 5.32 Å². The number of hydrogen-bond acceptors (Lipinski definition) is 3. The molecule has 0 bridgehead atoms. The van der Waals surface area contributed by atoms with Crippen LogP contribution in [0.4, 0.5) is 15.8 Å². The molecule has 0 unspecified atom stereocenters. The first-order chi connectivity index (χ1) is 12.2. The third-order valence-corrected chi connectivity index (χ3v) is 3.43. The first-order valence-corrected chi connectivity index (χ1v) is 7.62. The van der Waals surface area contributed by atoms with Crippen LogP contribution in [-0.2, 0) is 0 Å². The number of rotatable bonds is 2. The van der Waals surface area contributed by atoms with Crippen LogP contribution in [0.5, 0.6) is 0 Å². The minimum absolute atomic E-state index is 0.0373. The fourth-order valence-corrected chi connectivity index (χ4v) is 2.10. The van der Waals surface area contributed by atoms with Crippen LogP contribution < -0.4 is 5.32 Å². The van der Waals surface area contributed by atoms with Crippen molar-refractivity contribution in [3.05, 3.63) is 95.3 Å². The van der Waals surface area contributed by atoms with E-state index < -0.39 is 5.82 Å². The Balaban J connectivity index is 0.000000316. The van der Waals surface area contributed by atoms with Crippen LogP contribution in [0, 0.1) is 35.4 Å². The third-order valence-electron chi connectivity index (χ3n) is 3.43. The van der Waals surface area contributed by atoms with Gasteiger partial charge in [0.1, 0.15) is 18.0 Å². The summed E-state index contributed by atoms with van der Waals surface area (Å²) in [6.07, 6.45) is 0. The lowest BCUT2D eigenvalue weighted by Crippen LogP contribution is -1.98. The fraction of sp³-hybridized carbons (Fsp3) is 0.0476. The molecule has 3 nitrogen and oxygen atoms in total. The zero-order valence-corrected chi connectivity index (χ0v) is 13.7. The third kappa shape index (κ3) is 4.92. The van der Waals surface area contributed by atoms with Gasteiger partial charge in [0.2, 0.25) is 0 Å². The topological polar surface area (TPSA) is 59.6 Å². The molecule has 0 saturated carbocycles. The van der Waals surface area contributed by atoms with E-state index in [-0.39, 0.29) is 16.8 Å². The Hall–Kier alpha value is -3.63. The number of aryl methyl sites for hydroxylation is 1. The maximum Gasteiger partial charge on any atom is 0.148 e. The zero-order chi connectivity index (χ0) is 18.1. The first kappa shape index (κ1) is 17.7. The molecule has 3 aromatic carbocycles. The highest BCUT2D eigenvalue weighted by Gasteiger charge is 2.10. The molecule has 0 saturated heterocycles. The largest absolute Gasteiger partial charge is 0.353 e. The van der Waals surface area contributed by atoms with E-state index in [0.29, 0.717) is 0 Å². The lowest BCUT2D eigenvalue weighted by Gasteiger charge is -2.11. The average Bonchev–Trinajstić information content (AvgIpc) is 2.66. The van der Waals surface area contributed by atoms with E-state index in [1.807, 2.05) is 73.7 Å². The number of nitrogens with one attached hydrogen (secondary N) is 1. The van der Waals surface area contributed by atoms with Crippen molar-refractivity contribution in [1.29, 1.82) is 10.5 Å². The summed E-state index contributed by atoms with van der Waals surface area (Å²) in [4.78, 5) is 0. The molecular formula is C21H16FN3. The molecule has 3 rings (SSSR count). The Morgan fingerprint density at radius 2 is 1.28 bits per heavy atom. The average molecular weight is 329 g/mol. The lowest BCUT2D eigenvalue weighted by atomic mass is 10.1. The number of benzene rings is 3. The molecule has 0 aliphatic heterocycles. The summed E-state index contributed by atoms with van der Waals surface area (Å²) >= 11 is 0. The first-order valence-electron chi connectivity index (χ1n) is 7.62. The van der Waals surface area contributed by atoms with Gasteiger partial charge in [-0.25, -0.2) is 4.39 Å². The molecule has 0 aromatic heterocycles. The van der Waals surface area contributed by atoms with Gasteiger partial charge < -0.3 is 5.32 Å². The van der Waals surface area contributed by atoms with Crippen molar-refractivity contribution >= 4 is 11.4 Å². The van der Waals surface area contributed by atoms with Crippen molar-refractivity contribution in [2.75, 3.05) is 5.32 Å². The van der Waals surface area contributed by atoms with Crippen LogP contribution in [-0.4, -0.2) is 0 Å². The Morgan fingerprint density at radius 3 is 1.80 bits per heavy atom. The van der Waals surface area contributed by atoms with Gasteiger partial charge in [-0.3, -0.25) is 0 Å². The second-order valence-electron chi connectivity index (χ2n) is 5.20. The van der Waals surface area contributed by atoms with E-state index >= 15 is 0 Å². The maximum atomic E-state index is 13.8. The minimum atomic E-state index is -0.557. The van der Waals surface area contributed by atoms with E-state index in [0.717, 1.165) is 17.3 Å². The monoisotopic (exact) mass is 329 g/mol. The molecule has 25 heavy (non-hydrogen) atoms. The highest BCUT2D eigenvalue weighted by Crippen LogP contribution is 2.25. The Labute approximate surface area is 146 Å². The van der Waals surface area contributed by atoms with Gasteiger partial charge in [0.25, 0.3) is 0 Å². The predicted octanol–water partition coefficient (Wildman–Crippen LogP) is 5.31. The molecule has 0 aliphatic rings. The minimum Gasteiger partial charge on any atom is -0.353 e. The van der Waals surface area contributed by atoms with Crippen molar-refractivity contribution in [1.82, 2.24) is 0 Å². The number of halogens is 1. The number of nitrogens with zero attached hydrogens (tertiary/aromatic N) is 2. The second kappa shape index (κ2) is 8.86. The van der Waals surface area contributed by atoms with E-state index in [1.54, 1.807) is 6.07 Å². The van der Waals surface area contributed by atoms with Gasteiger partial charge >= 0.3 is 0 Å². The number of nitriles is 2. The summed E-state index contributed by atoms with van der Waals surface area (Å²) in [6.45, 7) is 1.90. The summed E-state index contributed by atoms with van der Waals surface area (Å²) in [5.41, 5.74) is 2.10. The van der Waals surface area contributed by atoms with E-state index in [9.17, 15) is 4.39 Å². The van der Waals surface area contributed by atoms with Crippen LogP contribution in [0.3, 0.4) is 0 Å². The smallest absolute Gasteiger partial charge is 0.148 e. The van der Waals surface area contributed by atoms with Crippen LogP contribution in [0.15, 0.2) is 72.8 Å². The molecule has 0 aliphatic carbocycles. The zero-order valence-electron chi connectivity index (χ0n) is 13.7. The number of para-hydroxylation sites is 1. The molecule has 0 radical (unpaired) electrons. The van der Waals surface area contributed by atoms with Crippen molar-refractivity contribution in [3.63, 3.8) is 0 Å². The molecule has 0 amide bonds. The quantitative estimate of drug-likeness (QED) is 0.693. The molecule has 0 fully saturated rings. The molecule has 122 valence electrons. The number of anilines is 2. The van der Waals surface area contributed by atoms with E-state index in [1.165, 1.54) is 6.07 Å². The van der Waals surface area contributed by atoms with Gasteiger partial charge in [-0.1, -0.05) is 54.6 Å². The fourth-order valence-electron chi connectivity index (χ4n) is 2.10. The van der Waals surface area contributed by atoms with Crippen LogP contribution >= 0.6 is 0 Å². The predicted molar refractivity (Wildman–Crippen MR) is 96.7 cm³/mol. The summed E-state index contributed by atoms with van der Waals surface area (Å²) in [6, 6.07) is 25.5. The van der Waals surface area contributed by atoms with Gasteiger partial charge in [0.05, 0.1) is 16.8 Å². The van der Waals surface area contributed by atoms with Gasteiger partial charge in [0.15, 0.2) is 0 Å². The highest BCUT2D eigenvalue weighted by molar-refractivity contribution is 5.66. The Bertz CT molecular complexity index is 895. The number of hydrogen-bond donors (Lipinski definition) is 1. The van der Waals surface area contributed by atoms with E-state index in [4.69, 9.17) is 10.5 Å². The van der Waals surface area contributed by atoms with Crippen molar-refractivity contribution < 1.29 is 4.39 Å². The van der Waals surface area contributed by atoms with Gasteiger partial charge in [-0.05, 0) is 30.7 Å². The summed E-state index contributed by atoms with van der Waals surface area (Å²) in [5.74, 6) is -0.557. The molecule has 0 spiro atoms. The summed E-state index contributed by atoms with van der Waals surface area (Å²) in [5, 5.41) is 20.7. The molecule has 0 atom stereocenters. The highest BCUT2D eigenvalue weighted by atomic mass is 19.1. The van der Waals surface area contributed by atoms with Crippen LogP contribution in [0.2, 0.25) is 0 Å². The van der Waals surface area contributed by atoms with Gasteiger partial charge in [-0.15, -0.1) is 0 Å².